The average molecular weight is 338 g/mol. The normalized spacial score (nSPS) is 15.2. The van der Waals surface area contributed by atoms with Crippen LogP contribution in [0.5, 0.6) is 0 Å². The van der Waals surface area contributed by atoms with E-state index in [1.165, 1.54) is 12.1 Å². The number of hydrogen-bond donors (Lipinski definition) is 1. The molecule has 0 aromatic heterocycles. The number of halogens is 3. The smallest absolute Gasteiger partial charge is 0.329 e. The van der Waals surface area contributed by atoms with Crippen molar-refractivity contribution in [3.8, 4) is 0 Å². The van der Waals surface area contributed by atoms with Crippen molar-refractivity contribution in [1.82, 2.24) is 4.90 Å². The lowest BCUT2D eigenvalue weighted by Gasteiger charge is -2.32. The molecule has 0 heterocycles. The van der Waals surface area contributed by atoms with Gasteiger partial charge in [-0.1, -0.05) is 12.1 Å². The van der Waals surface area contributed by atoms with Gasteiger partial charge in [0.25, 0.3) is 0 Å². The van der Waals surface area contributed by atoms with Crippen LogP contribution in [0.2, 0.25) is 0 Å². The summed E-state index contributed by atoms with van der Waals surface area (Å²) < 4.78 is 37.0. The van der Waals surface area contributed by atoms with E-state index in [0.717, 1.165) is 11.3 Å². The second kappa shape index (κ2) is 8.31. The zero-order valence-electron chi connectivity index (χ0n) is 12.4. The fourth-order valence-corrected chi connectivity index (χ4v) is 3.35. The Labute approximate surface area is 132 Å². The fourth-order valence-electron chi connectivity index (χ4n) is 2.10. The first-order valence-corrected chi connectivity index (χ1v) is 8.76. The van der Waals surface area contributed by atoms with Gasteiger partial charge in [-0.3, -0.25) is 4.90 Å². The third-order valence-electron chi connectivity index (χ3n) is 3.32. The topological polar surface area (TPSA) is 29.3 Å². The summed E-state index contributed by atoms with van der Waals surface area (Å²) in [6.07, 6.45) is 2.05. The molecular formula is C14H21F3N2S2. The van der Waals surface area contributed by atoms with Crippen LogP contribution < -0.4 is 5.73 Å². The summed E-state index contributed by atoms with van der Waals surface area (Å²) in [5.74, 6) is 0.981. The Bertz CT molecular complexity index is 423. The summed E-state index contributed by atoms with van der Waals surface area (Å²) in [6, 6.07) is 6.82. The maximum absolute atomic E-state index is 12.3. The van der Waals surface area contributed by atoms with Crippen LogP contribution in [0.4, 0.5) is 13.2 Å². The third-order valence-corrected chi connectivity index (χ3v) is 4.87. The van der Waals surface area contributed by atoms with Crippen molar-refractivity contribution < 1.29 is 13.2 Å². The monoisotopic (exact) mass is 338 g/mol. The first-order valence-electron chi connectivity index (χ1n) is 6.55. The molecule has 0 aliphatic heterocycles. The lowest BCUT2D eigenvalue weighted by Crippen LogP contribution is -2.38. The minimum atomic E-state index is -4.25. The van der Waals surface area contributed by atoms with E-state index < -0.39 is 5.51 Å². The van der Waals surface area contributed by atoms with E-state index in [4.69, 9.17) is 5.73 Å². The number of hydrogen-bond acceptors (Lipinski definition) is 4. The lowest BCUT2D eigenvalue weighted by molar-refractivity contribution is -0.0328. The highest BCUT2D eigenvalue weighted by Crippen LogP contribution is 2.37. The lowest BCUT2D eigenvalue weighted by atomic mass is 10.0. The first kappa shape index (κ1) is 18.7. The number of likely N-dealkylation sites (N-methyl/N-ethyl adjacent to an activating group) is 1. The van der Waals surface area contributed by atoms with E-state index in [1.54, 1.807) is 23.9 Å². The van der Waals surface area contributed by atoms with Crippen LogP contribution in [-0.2, 0) is 0 Å². The molecular weight excluding hydrogens is 317 g/mol. The molecule has 1 aromatic rings. The minimum Gasteiger partial charge on any atom is -0.329 e. The first-order chi connectivity index (χ1) is 9.78. The van der Waals surface area contributed by atoms with Gasteiger partial charge < -0.3 is 5.73 Å². The minimum absolute atomic E-state index is 0.0112. The number of rotatable bonds is 7. The van der Waals surface area contributed by atoms with Gasteiger partial charge in [0.1, 0.15) is 0 Å². The largest absolute Gasteiger partial charge is 0.446 e. The Kier molecular flexibility index (Phi) is 7.39. The van der Waals surface area contributed by atoms with Gasteiger partial charge in [0.2, 0.25) is 0 Å². The molecule has 0 aliphatic carbocycles. The van der Waals surface area contributed by atoms with E-state index in [-0.39, 0.29) is 22.7 Å². The van der Waals surface area contributed by atoms with Crippen LogP contribution in [-0.4, -0.2) is 42.1 Å². The zero-order valence-corrected chi connectivity index (χ0v) is 14.0. The van der Waals surface area contributed by atoms with Crippen LogP contribution in [0.1, 0.15) is 18.5 Å². The van der Waals surface area contributed by atoms with Crippen molar-refractivity contribution >= 4 is 23.5 Å². The van der Waals surface area contributed by atoms with E-state index in [1.807, 2.05) is 13.3 Å². The Morgan fingerprint density at radius 3 is 2.24 bits per heavy atom. The second-order valence-electron chi connectivity index (χ2n) is 4.84. The average Bonchev–Trinajstić information content (AvgIpc) is 2.40. The number of alkyl halides is 3. The van der Waals surface area contributed by atoms with Crippen LogP contribution in [0.15, 0.2) is 29.2 Å². The van der Waals surface area contributed by atoms with Gasteiger partial charge in [0, 0.05) is 29.3 Å². The molecule has 0 saturated heterocycles. The molecule has 2 atom stereocenters. The predicted octanol–water partition coefficient (Wildman–Crippen LogP) is 3.98. The summed E-state index contributed by atoms with van der Waals surface area (Å²) in [4.78, 5) is 2.37. The number of nitrogens with zero attached hydrogens (tertiary/aromatic N) is 1. The maximum Gasteiger partial charge on any atom is 0.446 e. The van der Waals surface area contributed by atoms with E-state index in [9.17, 15) is 13.2 Å². The molecule has 7 heteroatoms. The Hall–Kier alpha value is -0.370. The van der Waals surface area contributed by atoms with Crippen molar-refractivity contribution in [1.29, 1.82) is 0 Å². The molecule has 0 amide bonds. The van der Waals surface area contributed by atoms with Crippen LogP contribution >= 0.6 is 23.5 Å². The van der Waals surface area contributed by atoms with Crippen molar-refractivity contribution in [3.05, 3.63) is 29.8 Å². The summed E-state index contributed by atoms with van der Waals surface area (Å²) >= 11 is 1.66. The van der Waals surface area contributed by atoms with Gasteiger partial charge >= 0.3 is 5.51 Å². The molecule has 21 heavy (non-hydrogen) atoms. The predicted molar refractivity (Wildman–Crippen MR) is 85.8 cm³/mol. The Balaban J connectivity index is 2.82. The molecule has 2 unspecified atom stereocenters. The van der Waals surface area contributed by atoms with Gasteiger partial charge in [-0.05, 0) is 49.7 Å². The maximum atomic E-state index is 12.3. The molecule has 2 nitrogen and oxygen atoms in total. The van der Waals surface area contributed by atoms with E-state index in [0.29, 0.717) is 12.6 Å². The third kappa shape index (κ3) is 6.10. The molecule has 0 radical (unpaired) electrons. The molecule has 0 aliphatic rings. The number of thioether (sulfide) groups is 2. The molecule has 1 rings (SSSR count). The van der Waals surface area contributed by atoms with Crippen molar-refractivity contribution in [2.45, 2.75) is 29.4 Å². The number of benzene rings is 1. The molecule has 120 valence electrons. The highest BCUT2D eigenvalue weighted by molar-refractivity contribution is 8.00. The van der Waals surface area contributed by atoms with Gasteiger partial charge in [-0.15, -0.1) is 0 Å². The molecule has 2 N–H and O–H groups in total. The summed E-state index contributed by atoms with van der Waals surface area (Å²) in [5, 5.41) is 0. The Morgan fingerprint density at radius 1 is 1.24 bits per heavy atom. The zero-order chi connectivity index (χ0) is 16.0. The quantitative estimate of drug-likeness (QED) is 0.762. The van der Waals surface area contributed by atoms with Crippen molar-refractivity contribution in [2.75, 3.05) is 25.6 Å². The van der Waals surface area contributed by atoms with Gasteiger partial charge in [0.15, 0.2) is 0 Å². The van der Waals surface area contributed by atoms with E-state index in [2.05, 4.69) is 11.8 Å². The highest BCUT2D eigenvalue weighted by Gasteiger charge is 2.29. The SMILES string of the molecule is CSCC(C)N(C)C(CN)c1ccc(SC(F)(F)F)cc1. The summed E-state index contributed by atoms with van der Waals surface area (Å²) in [5.41, 5.74) is 2.54. The molecule has 0 bridgehead atoms. The molecule has 1 aromatic carbocycles. The Morgan fingerprint density at radius 2 is 1.81 bits per heavy atom. The van der Waals surface area contributed by atoms with E-state index >= 15 is 0 Å². The second-order valence-corrected chi connectivity index (χ2v) is 6.89. The molecule has 0 spiro atoms. The van der Waals surface area contributed by atoms with Crippen LogP contribution in [0.3, 0.4) is 0 Å². The standard InChI is InChI=1S/C14H21F3N2S2/c1-10(9-20-3)19(2)13(8-18)11-4-6-12(7-5-11)21-14(15,16)17/h4-7,10,13H,8-9,18H2,1-3H3. The molecule has 0 fully saturated rings. The van der Waals surface area contributed by atoms with Crippen molar-refractivity contribution in [3.63, 3.8) is 0 Å². The van der Waals surface area contributed by atoms with Gasteiger partial charge in [0.05, 0.1) is 0 Å². The highest BCUT2D eigenvalue weighted by atomic mass is 32.2. The van der Waals surface area contributed by atoms with Gasteiger partial charge in [-0.25, -0.2) is 0 Å². The summed E-state index contributed by atoms with van der Waals surface area (Å²) in [7, 11) is 2.00. The molecule has 0 saturated carbocycles. The fraction of sp³-hybridized carbons (Fsp3) is 0.571. The van der Waals surface area contributed by atoms with Crippen LogP contribution in [0, 0.1) is 0 Å². The van der Waals surface area contributed by atoms with Gasteiger partial charge in [-0.2, -0.15) is 24.9 Å². The van der Waals surface area contributed by atoms with Crippen molar-refractivity contribution in [2.24, 2.45) is 5.73 Å². The summed E-state index contributed by atoms with van der Waals surface area (Å²) in [6.45, 7) is 2.55. The number of nitrogens with two attached hydrogens (primary N) is 1. The van der Waals surface area contributed by atoms with Crippen LogP contribution in [0.25, 0.3) is 0 Å².